The number of thiophene rings is 1. The summed E-state index contributed by atoms with van der Waals surface area (Å²) in [6, 6.07) is 2.10. The lowest BCUT2D eigenvalue weighted by molar-refractivity contribution is 0.300. The Labute approximate surface area is 124 Å². The zero-order valence-electron chi connectivity index (χ0n) is 12.1. The number of rotatable bonds is 4. The Balaban J connectivity index is 1.71. The molecule has 5 heteroatoms. The average molecular weight is 290 g/mol. The summed E-state index contributed by atoms with van der Waals surface area (Å²) < 4.78 is 0. The van der Waals surface area contributed by atoms with Gasteiger partial charge in [0.05, 0.1) is 5.39 Å². The van der Waals surface area contributed by atoms with E-state index in [0.717, 1.165) is 34.4 Å². The molecule has 0 radical (unpaired) electrons. The fourth-order valence-corrected chi connectivity index (χ4v) is 3.64. The maximum Gasteiger partial charge on any atom is 0.225 e. The van der Waals surface area contributed by atoms with Crippen LogP contribution >= 0.6 is 11.3 Å². The first-order valence-electron chi connectivity index (χ1n) is 7.43. The second-order valence-electron chi connectivity index (χ2n) is 5.79. The number of fused-ring (bicyclic) bond motifs is 1. The van der Waals surface area contributed by atoms with Crippen molar-refractivity contribution in [1.29, 1.82) is 0 Å². The maximum absolute atomic E-state index is 4.56. The van der Waals surface area contributed by atoms with Gasteiger partial charge in [-0.3, -0.25) is 0 Å². The van der Waals surface area contributed by atoms with Crippen LogP contribution in [0.25, 0.3) is 10.2 Å². The second-order valence-corrected chi connectivity index (χ2v) is 6.69. The third-order valence-electron chi connectivity index (χ3n) is 4.24. The summed E-state index contributed by atoms with van der Waals surface area (Å²) in [5.41, 5.74) is 0. The Morgan fingerprint density at radius 2 is 2.05 bits per heavy atom. The van der Waals surface area contributed by atoms with Crippen molar-refractivity contribution in [3.8, 4) is 0 Å². The van der Waals surface area contributed by atoms with Crippen molar-refractivity contribution in [2.75, 3.05) is 24.2 Å². The van der Waals surface area contributed by atoms with Gasteiger partial charge in [0.2, 0.25) is 5.95 Å². The third-order valence-corrected chi connectivity index (χ3v) is 5.05. The topological polar surface area (TPSA) is 49.8 Å². The normalized spacial score (nSPS) is 22.9. The molecule has 1 fully saturated rings. The second kappa shape index (κ2) is 5.95. The van der Waals surface area contributed by atoms with E-state index in [4.69, 9.17) is 0 Å². The minimum absolute atomic E-state index is 0.694. The lowest BCUT2D eigenvalue weighted by atomic mass is 9.83. The summed E-state index contributed by atoms with van der Waals surface area (Å²) in [5, 5.41) is 9.80. The van der Waals surface area contributed by atoms with Crippen molar-refractivity contribution in [2.24, 2.45) is 11.8 Å². The highest BCUT2D eigenvalue weighted by molar-refractivity contribution is 7.16. The molecule has 1 saturated carbocycles. The predicted octanol–water partition coefficient (Wildman–Crippen LogP) is 3.97. The quantitative estimate of drug-likeness (QED) is 0.894. The first kappa shape index (κ1) is 13.6. The molecule has 2 aromatic heterocycles. The summed E-state index contributed by atoms with van der Waals surface area (Å²) >= 11 is 1.66. The van der Waals surface area contributed by atoms with Crippen LogP contribution < -0.4 is 10.6 Å². The highest BCUT2D eigenvalue weighted by atomic mass is 32.1. The van der Waals surface area contributed by atoms with Crippen LogP contribution in [0.3, 0.4) is 0 Å². The lowest BCUT2D eigenvalue weighted by Crippen LogP contribution is -2.20. The Hall–Kier alpha value is -1.36. The van der Waals surface area contributed by atoms with Crippen LogP contribution in [-0.2, 0) is 0 Å². The number of nitrogens with zero attached hydrogens (tertiary/aromatic N) is 2. The SMILES string of the molecule is CNc1nc(NCC2CCC(C)CC2)c2ccsc2n1. The van der Waals surface area contributed by atoms with Crippen molar-refractivity contribution in [3.05, 3.63) is 11.4 Å². The van der Waals surface area contributed by atoms with Gasteiger partial charge < -0.3 is 10.6 Å². The first-order chi connectivity index (χ1) is 9.76. The van der Waals surface area contributed by atoms with Gasteiger partial charge in [-0.05, 0) is 36.1 Å². The van der Waals surface area contributed by atoms with Crippen LogP contribution in [0.5, 0.6) is 0 Å². The molecule has 1 aliphatic carbocycles. The number of hydrogen-bond donors (Lipinski definition) is 2. The maximum atomic E-state index is 4.56. The van der Waals surface area contributed by atoms with Crippen molar-refractivity contribution in [3.63, 3.8) is 0 Å². The third kappa shape index (κ3) is 2.87. The zero-order valence-corrected chi connectivity index (χ0v) is 13.0. The van der Waals surface area contributed by atoms with E-state index in [0.29, 0.717) is 5.95 Å². The van der Waals surface area contributed by atoms with Crippen LogP contribution in [0.1, 0.15) is 32.6 Å². The highest BCUT2D eigenvalue weighted by Crippen LogP contribution is 2.30. The Bertz CT molecular complexity index is 572. The van der Waals surface area contributed by atoms with Crippen molar-refractivity contribution in [2.45, 2.75) is 32.6 Å². The molecule has 108 valence electrons. The predicted molar refractivity (Wildman–Crippen MR) is 86.6 cm³/mol. The fourth-order valence-electron chi connectivity index (χ4n) is 2.88. The number of anilines is 2. The smallest absolute Gasteiger partial charge is 0.225 e. The van der Waals surface area contributed by atoms with E-state index in [-0.39, 0.29) is 0 Å². The van der Waals surface area contributed by atoms with Gasteiger partial charge in [-0.1, -0.05) is 19.8 Å². The van der Waals surface area contributed by atoms with Crippen molar-refractivity contribution in [1.82, 2.24) is 9.97 Å². The monoisotopic (exact) mass is 290 g/mol. The lowest BCUT2D eigenvalue weighted by Gasteiger charge is -2.26. The van der Waals surface area contributed by atoms with Gasteiger partial charge in [-0.15, -0.1) is 11.3 Å². The molecule has 20 heavy (non-hydrogen) atoms. The van der Waals surface area contributed by atoms with E-state index in [9.17, 15) is 0 Å². The van der Waals surface area contributed by atoms with Crippen molar-refractivity contribution < 1.29 is 0 Å². The molecule has 1 aliphatic rings. The van der Waals surface area contributed by atoms with Crippen LogP contribution in [-0.4, -0.2) is 23.6 Å². The fraction of sp³-hybridized carbons (Fsp3) is 0.600. The standard InChI is InChI=1S/C15H22N4S/c1-10-3-5-11(6-4-10)9-17-13-12-7-8-20-14(12)19-15(16-2)18-13/h7-8,10-11H,3-6,9H2,1-2H3,(H2,16,17,18,19). The molecule has 0 saturated heterocycles. The van der Waals surface area contributed by atoms with Crippen LogP contribution in [0.15, 0.2) is 11.4 Å². The molecular formula is C15H22N4S. The summed E-state index contributed by atoms with van der Waals surface area (Å²) in [4.78, 5) is 10.1. The highest BCUT2D eigenvalue weighted by Gasteiger charge is 2.18. The van der Waals surface area contributed by atoms with E-state index in [1.54, 1.807) is 11.3 Å². The molecule has 2 heterocycles. The van der Waals surface area contributed by atoms with Gasteiger partial charge in [0.25, 0.3) is 0 Å². The Kier molecular flexibility index (Phi) is 4.05. The molecule has 0 amide bonds. The summed E-state index contributed by atoms with van der Waals surface area (Å²) in [7, 11) is 1.86. The molecule has 0 unspecified atom stereocenters. The van der Waals surface area contributed by atoms with Crippen LogP contribution in [0.4, 0.5) is 11.8 Å². The van der Waals surface area contributed by atoms with E-state index in [1.807, 2.05) is 7.05 Å². The van der Waals surface area contributed by atoms with Crippen LogP contribution in [0, 0.1) is 11.8 Å². The molecule has 0 aliphatic heterocycles. The van der Waals surface area contributed by atoms with Gasteiger partial charge in [-0.25, -0.2) is 4.98 Å². The van der Waals surface area contributed by atoms with Gasteiger partial charge >= 0.3 is 0 Å². The molecule has 0 aromatic carbocycles. The van der Waals surface area contributed by atoms with Crippen molar-refractivity contribution >= 4 is 33.3 Å². The molecule has 0 spiro atoms. The molecular weight excluding hydrogens is 268 g/mol. The van der Waals surface area contributed by atoms with Crippen LogP contribution in [0.2, 0.25) is 0 Å². The molecule has 3 rings (SSSR count). The summed E-state index contributed by atoms with van der Waals surface area (Å²) in [6.07, 6.45) is 5.41. The number of hydrogen-bond acceptors (Lipinski definition) is 5. The van der Waals surface area contributed by atoms with Gasteiger partial charge in [0.1, 0.15) is 10.6 Å². The number of nitrogens with one attached hydrogen (secondary N) is 2. The van der Waals surface area contributed by atoms with E-state index < -0.39 is 0 Å². The van der Waals surface area contributed by atoms with Gasteiger partial charge in [0.15, 0.2) is 0 Å². The van der Waals surface area contributed by atoms with Gasteiger partial charge in [-0.2, -0.15) is 4.98 Å². The van der Waals surface area contributed by atoms with E-state index >= 15 is 0 Å². The Morgan fingerprint density at radius 1 is 1.25 bits per heavy atom. The molecule has 4 nitrogen and oxygen atoms in total. The molecule has 2 aromatic rings. The average Bonchev–Trinajstić information content (AvgIpc) is 2.94. The minimum atomic E-state index is 0.694. The largest absolute Gasteiger partial charge is 0.369 e. The Morgan fingerprint density at radius 3 is 2.80 bits per heavy atom. The molecule has 0 atom stereocenters. The molecule has 2 N–H and O–H groups in total. The zero-order chi connectivity index (χ0) is 13.9. The molecule has 0 bridgehead atoms. The van der Waals surface area contributed by atoms with E-state index in [1.165, 1.54) is 25.7 Å². The summed E-state index contributed by atoms with van der Waals surface area (Å²) in [6.45, 7) is 3.39. The minimum Gasteiger partial charge on any atom is -0.369 e. The number of aromatic nitrogens is 2. The van der Waals surface area contributed by atoms with E-state index in [2.05, 4.69) is 39.0 Å². The summed E-state index contributed by atoms with van der Waals surface area (Å²) in [5.74, 6) is 3.36. The first-order valence-corrected chi connectivity index (χ1v) is 8.31. The van der Waals surface area contributed by atoms with Gasteiger partial charge in [0, 0.05) is 13.6 Å².